The molecule has 22 heteroatoms. The first-order valence-electron chi connectivity index (χ1n) is 25.1. The third-order valence-corrected chi connectivity index (χ3v) is 14.9. The molecule has 0 spiro atoms. The topological polar surface area (TPSA) is 168 Å². The van der Waals surface area contributed by atoms with Gasteiger partial charge < -0.3 is 58.4 Å². The SMILES string of the molecule is O=C(N[C@H](CN1CCCC1)[C@@H](O)c1ccc(OC2CCOC2)c(Cl)c1)C(F)(F)c1cc2cc(Cl)ccc2o1.O=C(N[C@H](CN1CCCC1)[C@H](O)c1ccc(OC2CCOC2)c(Cl)c1)C(F)(F)c1cc2cc(Cl)ccc2o1. The molecule has 408 valence electrons. The van der Waals surface area contributed by atoms with Gasteiger partial charge in [-0.25, -0.2) is 0 Å². The molecular formula is C54H56Cl4F4N4O10. The van der Waals surface area contributed by atoms with Crippen molar-refractivity contribution in [2.75, 3.05) is 65.7 Å². The Kier molecular flexibility index (Phi) is 18.0. The van der Waals surface area contributed by atoms with Crippen LogP contribution in [-0.2, 0) is 30.9 Å². The van der Waals surface area contributed by atoms with Gasteiger partial charge in [0.1, 0.15) is 47.1 Å². The van der Waals surface area contributed by atoms with Gasteiger partial charge in [0.15, 0.2) is 11.5 Å². The average Bonchev–Trinajstić information content (AvgIpc) is 4.27. The van der Waals surface area contributed by atoms with E-state index >= 15 is 17.6 Å². The van der Waals surface area contributed by atoms with E-state index in [9.17, 15) is 19.8 Å². The summed E-state index contributed by atoms with van der Waals surface area (Å²) in [6.07, 6.45) is 2.50. The number of carbonyl (C=O) groups is 2. The zero-order chi connectivity index (χ0) is 53.7. The number of furan rings is 2. The number of amides is 2. The summed E-state index contributed by atoms with van der Waals surface area (Å²) in [5.74, 6) is -11.8. The van der Waals surface area contributed by atoms with Crippen molar-refractivity contribution >= 4 is 80.2 Å². The minimum Gasteiger partial charge on any atom is -0.486 e. The van der Waals surface area contributed by atoms with E-state index in [0.717, 1.165) is 76.8 Å². The molecule has 2 amide bonds. The lowest BCUT2D eigenvalue weighted by Crippen LogP contribution is -2.50. The number of alkyl halides is 4. The lowest BCUT2D eigenvalue weighted by Gasteiger charge is -2.30. The van der Waals surface area contributed by atoms with Crippen molar-refractivity contribution in [3.8, 4) is 11.5 Å². The number of rotatable bonds is 18. The van der Waals surface area contributed by atoms with E-state index in [1.807, 2.05) is 9.80 Å². The van der Waals surface area contributed by atoms with E-state index in [0.29, 0.717) is 69.9 Å². The van der Waals surface area contributed by atoms with Crippen LogP contribution in [0.1, 0.15) is 73.4 Å². The number of aliphatic hydroxyl groups is 2. The maximum atomic E-state index is 15.3. The Morgan fingerprint density at radius 1 is 0.592 bits per heavy atom. The molecule has 4 aliphatic rings. The molecule has 6 aromatic rings. The number of likely N-dealkylation sites (tertiary alicyclic amines) is 2. The van der Waals surface area contributed by atoms with E-state index in [4.69, 9.17) is 74.2 Å². The predicted molar refractivity (Wildman–Crippen MR) is 278 cm³/mol. The van der Waals surface area contributed by atoms with E-state index in [1.54, 1.807) is 24.3 Å². The molecular weight excluding hydrogens is 1080 g/mol. The summed E-state index contributed by atoms with van der Waals surface area (Å²) >= 11 is 24.7. The van der Waals surface area contributed by atoms with Crippen LogP contribution in [0.4, 0.5) is 17.6 Å². The summed E-state index contributed by atoms with van der Waals surface area (Å²) in [5, 5.41) is 29.2. The second-order valence-corrected chi connectivity index (χ2v) is 21.1. The minimum absolute atomic E-state index is 0.109. The number of nitrogens with one attached hydrogen (secondary N) is 2. The van der Waals surface area contributed by atoms with Gasteiger partial charge in [0.2, 0.25) is 0 Å². The third-order valence-electron chi connectivity index (χ3n) is 13.8. The minimum atomic E-state index is -3.98. The fourth-order valence-corrected chi connectivity index (χ4v) is 10.5. The van der Waals surface area contributed by atoms with Crippen LogP contribution in [0.25, 0.3) is 21.9 Å². The second-order valence-electron chi connectivity index (χ2n) is 19.4. The van der Waals surface area contributed by atoms with Crippen molar-refractivity contribution in [2.24, 2.45) is 0 Å². The summed E-state index contributed by atoms with van der Waals surface area (Å²) in [4.78, 5) is 29.9. The van der Waals surface area contributed by atoms with E-state index < -0.39 is 59.5 Å². The van der Waals surface area contributed by atoms with Crippen molar-refractivity contribution < 1.29 is 65.1 Å². The van der Waals surface area contributed by atoms with Crippen LogP contribution >= 0.6 is 46.4 Å². The van der Waals surface area contributed by atoms with E-state index in [1.165, 1.54) is 48.5 Å². The van der Waals surface area contributed by atoms with Crippen LogP contribution in [-0.4, -0.2) is 122 Å². The quantitative estimate of drug-likeness (QED) is 0.0602. The van der Waals surface area contributed by atoms with Gasteiger partial charge in [-0.15, -0.1) is 0 Å². The van der Waals surface area contributed by atoms with Gasteiger partial charge in [-0.2, -0.15) is 17.6 Å². The molecule has 4 aliphatic heterocycles. The second kappa shape index (κ2) is 24.4. The van der Waals surface area contributed by atoms with Crippen molar-refractivity contribution in [2.45, 2.75) is 86.9 Å². The molecule has 2 aromatic heterocycles. The molecule has 6 heterocycles. The molecule has 14 nitrogen and oxygen atoms in total. The van der Waals surface area contributed by atoms with E-state index in [2.05, 4.69) is 10.6 Å². The van der Waals surface area contributed by atoms with Crippen LogP contribution in [0.15, 0.2) is 93.8 Å². The summed E-state index contributed by atoms with van der Waals surface area (Å²) in [6, 6.07) is 18.6. The van der Waals surface area contributed by atoms with Gasteiger partial charge in [-0.05, 0) is 136 Å². The molecule has 0 bridgehead atoms. The first-order valence-corrected chi connectivity index (χ1v) is 26.6. The van der Waals surface area contributed by atoms with Crippen LogP contribution in [0.5, 0.6) is 11.5 Å². The first-order chi connectivity index (χ1) is 36.4. The molecule has 10 rings (SSSR count). The lowest BCUT2D eigenvalue weighted by molar-refractivity contribution is -0.151. The summed E-state index contributed by atoms with van der Waals surface area (Å²) in [7, 11) is 0. The molecule has 0 saturated carbocycles. The van der Waals surface area contributed by atoms with Crippen molar-refractivity contribution in [1.82, 2.24) is 20.4 Å². The normalized spacial score (nSPS) is 20.1. The Labute approximate surface area is 455 Å². The molecule has 4 saturated heterocycles. The van der Waals surface area contributed by atoms with Gasteiger partial charge in [0, 0.05) is 46.7 Å². The van der Waals surface area contributed by atoms with Gasteiger partial charge in [-0.1, -0.05) is 58.5 Å². The highest BCUT2D eigenvalue weighted by atomic mass is 35.5. The van der Waals surface area contributed by atoms with Gasteiger partial charge in [-0.3, -0.25) is 9.59 Å². The summed E-state index contributed by atoms with van der Waals surface area (Å²) in [6.45, 7) is 5.53. The van der Waals surface area contributed by atoms with Gasteiger partial charge >= 0.3 is 11.8 Å². The highest BCUT2D eigenvalue weighted by Crippen LogP contribution is 2.38. The molecule has 2 unspecified atom stereocenters. The van der Waals surface area contributed by atoms with Crippen molar-refractivity contribution in [3.05, 3.63) is 128 Å². The number of hydrogen-bond acceptors (Lipinski definition) is 12. The highest BCUT2D eigenvalue weighted by Gasteiger charge is 2.48. The molecule has 0 radical (unpaired) electrons. The molecule has 0 aliphatic carbocycles. The standard InChI is InChI=1S/2C27H28Cl2F2N2O5/c2*28-18-4-6-22-17(11-18)13-24(38-22)27(30,31)26(35)32-21(14-33-8-1-2-9-33)25(34)16-3-5-23(20(29)12-16)37-19-7-10-36-15-19/h2*3-6,11-13,19,21,25,34H,1-2,7-10,14-15H2,(H,32,35)/t19?,21-,25+;19?,21-,25-/m11/s1. The fourth-order valence-electron chi connectivity index (χ4n) is 9.64. The molecule has 4 aromatic carbocycles. The van der Waals surface area contributed by atoms with Crippen LogP contribution in [0.2, 0.25) is 20.1 Å². The highest BCUT2D eigenvalue weighted by molar-refractivity contribution is 6.32. The largest absolute Gasteiger partial charge is 0.486 e. The number of hydrogen-bond donors (Lipinski definition) is 4. The molecule has 4 N–H and O–H groups in total. The number of halogens is 8. The smallest absolute Gasteiger partial charge is 0.380 e. The Balaban J connectivity index is 0.000000186. The van der Waals surface area contributed by atoms with Crippen LogP contribution in [0.3, 0.4) is 0 Å². The third kappa shape index (κ3) is 13.3. The molecule has 76 heavy (non-hydrogen) atoms. The van der Waals surface area contributed by atoms with E-state index in [-0.39, 0.29) is 46.5 Å². The Morgan fingerprint density at radius 2 is 0.987 bits per heavy atom. The average molecular weight is 1140 g/mol. The zero-order valence-corrected chi connectivity index (χ0v) is 44.0. The first kappa shape index (κ1) is 55.9. The maximum Gasteiger partial charge on any atom is 0.380 e. The maximum absolute atomic E-state index is 15.3. The van der Waals surface area contributed by atoms with Crippen molar-refractivity contribution in [1.29, 1.82) is 0 Å². The lowest BCUT2D eigenvalue weighted by atomic mass is 10.0. The molecule has 4 fully saturated rings. The summed E-state index contributed by atoms with van der Waals surface area (Å²) < 4.78 is 93.9. The number of nitrogens with zero attached hydrogens (tertiary/aromatic N) is 2. The number of aliphatic hydroxyl groups excluding tert-OH is 2. The van der Waals surface area contributed by atoms with Gasteiger partial charge in [0.25, 0.3) is 11.8 Å². The Hall–Kier alpha value is -4.86. The number of benzene rings is 4. The number of carbonyl (C=O) groups excluding carboxylic acids is 2. The molecule has 6 atom stereocenters. The number of fused-ring (bicyclic) bond motifs is 2. The Bertz CT molecular complexity index is 2780. The van der Waals surface area contributed by atoms with Crippen LogP contribution < -0.4 is 20.1 Å². The van der Waals surface area contributed by atoms with Crippen LogP contribution in [0, 0.1) is 0 Å². The number of ether oxygens (including phenoxy) is 4. The fraction of sp³-hybridized carbons (Fsp3) is 0.444. The Morgan fingerprint density at radius 3 is 1.34 bits per heavy atom. The zero-order valence-electron chi connectivity index (χ0n) is 40.9. The van der Waals surface area contributed by atoms with Gasteiger partial charge in [0.05, 0.1) is 48.6 Å². The summed E-state index contributed by atoms with van der Waals surface area (Å²) in [5.41, 5.74) is 1.12. The monoisotopic (exact) mass is 1140 g/mol. The predicted octanol–water partition coefficient (Wildman–Crippen LogP) is 10.6. The van der Waals surface area contributed by atoms with Crippen molar-refractivity contribution in [3.63, 3.8) is 0 Å².